The summed E-state index contributed by atoms with van der Waals surface area (Å²) in [7, 11) is 1.63. The molecule has 0 aromatic heterocycles. The summed E-state index contributed by atoms with van der Waals surface area (Å²) in [5, 5.41) is 6.08. The molecule has 31 heavy (non-hydrogen) atoms. The molecular formula is C25H31N3O3. The highest BCUT2D eigenvalue weighted by Crippen LogP contribution is 2.34. The molecule has 1 aliphatic heterocycles. The Kier molecular flexibility index (Phi) is 5.90. The average molecular weight is 422 g/mol. The Morgan fingerprint density at radius 1 is 1.06 bits per heavy atom. The molecule has 1 heterocycles. The van der Waals surface area contributed by atoms with Crippen LogP contribution in [0.25, 0.3) is 0 Å². The van der Waals surface area contributed by atoms with Crippen LogP contribution in [-0.2, 0) is 11.3 Å². The predicted molar refractivity (Wildman–Crippen MR) is 123 cm³/mol. The highest BCUT2D eigenvalue weighted by atomic mass is 16.5. The van der Waals surface area contributed by atoms with Crippen molar-refractivity contribution in [3.05, 3.63) is 52.6 Å². The first-order valence-corrected chi connectivity index (χ1v) is 11.0. The molecule has 0 radical (unpaired) electrons. The van der Waals surface area contributed by atoms with Gasteiger partial charge in [0, 0.05) is 29.4 Å². The summed E-state index contributed by atoms with van der Waals surface area (Å²) < 4.78 is 5.35. The molecule has 1 fully saturated rings. The van der Waals surface area contributed by atoms with Gasteiger partial charge in [0.05, 0.1) is 13.7 Å². The van der Waals surface area contributed by atoms with Gasteiger partial charge in [-0.3, -0.25) is 4.79 Å². The van der Waals surface area contributed by atoms with Crippen LogP contribution in [0.15, 0.2) is 30.3 Å². The molecule has 0 bridgehead atoms. The van der Waals surface area contributed by atoms with Gasteiger partial charge in [0.25, 0.3) is 0 Å². The fourth-order valence-corrected chi connectivity index (χ4v) is 4.71. The van der Waals surface area contributed by atoms with Gasteiger partial charge >= 0.3 is 6.03 Å². The second-order valence-corrected chi connectivity index (χ2v) is 8.77. The van der Waals surface area contributed by atoms with Crippen LogP contribution in [0, 0.1) is 26.7 Å². The van der Waals surface area contributed by atoms with Crippen molar-refractivity contribution in [1.82, 2.24) is 4.90 Å². The molecule has 2 N–H and O–H groups in total. The maximum Gasteiger partial charge on any atom is 0.322 e. The van der Waals surface area contributed by atoms with Crippen LogP contribution in [0.1, 0.15) is 47.9 Å². The molecule has 0 unspecified atom stereocenters. The van der Waals surface area contributed by atoms with Crippen molar-refractivity contribution in [2.24, 2.45) is 5.92 Å². The number of methoxy groups -OCH3 is 1. The SMILES string of the molecule is COc1cc(NC(=O)C2CCC(N3Cc4c(ccc(C)c4C)NC3=O)CC2)ccc1C. The van der Waals surface area contributed by atoms with E-state index in [9.17, 15) is 9.59 Å². The maximum absolute atomic E-state index is 12.8. The zero-order valence-electron chi connectivity index (χ0n) is 18.7. The number of anilines is 2. The van der Waals surface area contributed by atoms with Crippen LogP contribution < -0.4 is 15.4 Å². The van der Waals surface area contributed by atoms with E-state index in [1.807, 2.05) is 36.1 Å². The van der Waals surface area contributed by atoms with Crippen LogP contribution in [0.2, 0.25) is 0 Å². The number of hydrogen-bond acceptors (Lipinski definition) is 3. The zero-order valence-corrected chi connectivity index (χ0v) is 18.7. The molecule has 0 saturated heterocycles. The predicted octanol–water partition coefficient (Wildman–Crippen LogP) is 5.17. The fraction of sp³-hybridized carbons (Fsp3) is 0.440. The number of hydrogen-bond donors (Lipinski definition) is 2. The topological polar surface area (TPSA) is 70.7 Å². The Hall–Kier alpha value is -3.02. The van der Waals surface area contributed by atoms with Gasteiger partial charge in [-0.25, -0.2) is 4.79 Å². The largest absolute Gasteiger partial charge is 0.496 e. The van der Waals surface area contributed by atoms with E-state index in [4.69, 9.17) is 4.74 Å². The van der Waals surface area contributed by atoms with E-state index in [1.54, 1.807) is 7.11 Å². The van der Waals surface area contributed by atoms with Gasteiger partial charge in [0.15, 0.2) is 0 Å². The summed E-state index contributed by atoms with van der Waals surface area (Å²) in [5.74, 6) is 0.778. The van der Waals surface area contributed by atoms with Crippen LogP contribution in [0.3, 0.4) is 0 Å². The van der Waals surface area contributed by atoms with Crippen molar-refractivity contribution in [3.63, 3.8) is 0 Å². The minimum absolute atomic E-state index is 0.0320. The minimum Gasteiger partial charge on any atom is -0.496 e. The third-order valence-corrected chi connectivity index (χ3v) is 6.88. The minimum atomic E-state index is -0.0346. The van der Waals surface area contributed by atoms with Crippen LogP contribution in [-0.4, -0.2) is 30.0 Å². The van der Waals surface area contributed by atoms with Gasteiger partial charge in [-0.1, -0.05) is 12.1 Å². The number of ether oxygens (including phenoxy) is 1. The number of nitrogens with zero attached hydrogens (tertiary/aromatic N) is 1. The van der Waals surface area contributed by atoms with Gasteiger partial charge in [0.1, 0.15) is 5.75 Å². The molecule has 164 valence electrons. The second-order valence-electron chi connectivity index (χ2n) is 8.77. The van der Waals surface area contributed by atoms with Crippen molar-refractivity contribution < 1.29 is 14.3 Å². The van der Waals surface area contributed by atoms with Crippen LogP contribution in [0.4, 0.5) is 16.2 Å². The lowest BCUT2D eigenvalue weighted by Gasteiger charge is -2.39. The van der Waals surface area contributed by atoms with Crippen molar-refractivity contribution in [2.45, 2.75) is 59.0 Å². The first kappa shape index (κ1) is 21.2. The Labute approximate surface area is 184 Å². The number of aryl methyl sites for hydroxylation is 2. The molecule has 6 nitrogen and oxygen atoms in total. The number of carbonyl (C=O) groups is 2. The van der Waals surface area contributed by atoms with Gasteiger partial charge in [0.2, 0.25) is 5.91 Å². The van der Waals surface area contributed by atoms with Crippen molar-refractivity contribution in [1.29, 1.82) is 0 Å². The first-order valence-electron chi connectivity index (χ1n) is 11.0. The van der Waals surface area contributed by atoms with Crippen LogP contribution >= 0.6 is 0 Å². The van der Waals surface area contributed by atoms with E-state index in [0.717, 1.165) is 48.4 Å². The van der Waals surface area contributed by atoms with E-state index in [0.29, 0.717) is 6.54 Å². The molecule has 6 heteroatoms. The zero-order chi connectivity index (χ0) is 22.1. The molecule has 1 saturated carbocycles. The van der Waals surface area contributed by atoms with E-state index in [1.165, 1.54) is 16.7 Å². The maximum atomic E-state index is 12.8. The number of benzene rings is 2. The average Bonchev–Trinajstić information content (AvgIpc) is 2.77. The van der Waals surface area contributed by atoms with E-state index < -0.39 is 0 Å². The van der Waals surface area contributed by atoms with Crippen molar-refractivity contribution in [2.75, 3.05) is 17.7 Å². The van der Waals surface area contributed by atoms with E-state index in [2.05, 4.69) is 30.5 Å². The van der Waals surface area contributed by atoms with Crippen LogP contribution in [0.5, 0.6) is 5.75 Å². The summed E-state index contributed by atoms with van der Waals surface area (Å²) in [6.45, 7) is 6.83. The summed E-state index contributed by atoms with van der Waals surface area (Å²) in [6.07, 6.45) is 3.23. The second kappa shape index (κ2) is 8.61. The Morgan fingerprint density at radius 2 is 1.77 bits per heavy atom. The summed E-state index contributed by atoms with van der Waals surface area (Å²) in [6, 6.07) is 9.89. The fourth-order valence-electron chi connectivity index (χ4n) is 4.71. The number of carbonyl (C=O) groups excluding carboxylic acids is 2. The number of rotatable bonds is 4. The standard InChI is InChI=1S/C25H31N3O3/c1-15-6-12-22-21(17(15)3)14-28(25(30)27-22)20-10-7-18(8-11-20)24(29)26-19-9-5-16(2)23(13-19)31-4/h5-6,9,12-13,18,20H,7-8,10-11,14H2,1-4H3,(H,26,29)(H,27,30). The Morgan fingerprint density at radius 3 is 2.48 bits per heavy atom. The number of fused-ring (bicyclic) bond motifs is 1. The third kappa shape index (κ3) is 4.24. The molecule has 2 aromatic carbocycles. The molecule has 1 aliphatic carbocycles. The van der Waals surface area contributed by atoms with Crippen molar-refractivity contribution >= 4 is 23.3 Å². The molecular weight excluding hydrogens is 390 g/mol. The highest BCUT2D eigenvalue weighted by Gasteiger charge is 2.34. The normalized spacial score (nSPS) is 20.6. The summed E-state index contributed by atoms with van der Waals surface area (Å²) in [4.78, 5) is 27.5. The molecule has 0 spiro atoms. The molecule has 2 aromatic rings. The Balaban J connectivity index is 1.38. The quantitative estimate of drug-likeness (QED) is 0.716. The lowest BCUT2D eigenvalue weighted by Crippen LogP contribution is -2.47. The Bertz CT molecular complexity index is 1010. The van der Waals surface area contributed by atoms with Gasteiger partial charge in [-0.15, -0.1) is 0 Å². The third-order valence-electron chi connectivity index (χ3n) is 6.88. The lowest BCUT2D eigenvalue weighted by molar-refractivity contribution is -0.121. The lowest BCUT2D eigenvalue weighted by atomic mass is 9.84. The number of urea groups is 1. The molecule has 3 amide bonds. The van der Waals surface area contributed by atoms with Crippen molar-refractivity contribution in [3.8, 4) is 5.75 Å². The number of amides is 3. The molecule has 2 aliphatic rings. The smallest absolute Gasteiger partial charge is 0.322 e. The molecule has 0 atom stereocenters. The van der Waals surface area contributed by atoms with Gasteiger partial charge in [-0.05, 0) is 80.8 Å². The van der Waals surface area contributed by atoms with Gasteiger partial charge < -0.3 is 20.3 Å². The summed E-state index contributed by atoms with van der Waals surface area (Å²) in [5.41, 5.74) is 6.39. The first-order chi connectivity index (χ1) is 14.9. The monoisotopic (exact) mass is 421 g/mol. The van der Waals surface area contributed by atoms with E-state index >= 15 is 0 Å². The number of nitrogens with one attached hydrogen (secondary N) is 2. The highest BCUT2D eigenvalue weighted by molar-refractivity contribution is 5.94. The summed E-state index contributed by atoms with van der Waals surface area (Å²) >= 11 is 0. The molecule has 4 rings (SSSR count). The van der Waals surface area contributed by atoms with E-state index in [-0.39, 0.29) is 23.9 Å². The van der Waals surface area contributed by atoms with Gasteiger partial charge in [-0.2, -0.15) is 0 Å².